The van der Waals surface area contributed by atoms with E-state index in [9.17, 15) is 5.26 Å². The van der Waals surface area contributed by atoms with Crippen molar-refractivity contribution in [3.8, 4) is 6.07 Å². The summed E-state index contributed by atoms with van der Waals surface area (Å²) in [5, 5.41) is 13.0. The van der Waals surface area contributed by atoms with E-state index in [-0.39, 0.29) is 5.92 Å². The van der Waals surface area contributed by atoms with Crippen LogP contribution in [0.5, 0.6) is 0 Å². The van der Waals surface area contributed by atoms with E-state index >= 15 is 0 Å². The number of nitriles is 1. The van der Waals surface area contributed by atoms with Gasteiger partial charge >= 0.3 is 0 Å². The molecule has 0 aliphatic heterocycles. The first-order valence-electron chi connectivity index (χ1n) is 8.12. The molecular formula is C18H26N2O. The molecule has 1 aromatic carbocycles. The maximum atomic E-state index is 9.34. The number of hydrogen-bond donors (Lipinski definition) is 1. The Kier molecular flexibility index (Phi) is 6.72. The van der Waals surface area contributed by atoms with Crippen LogP contribution < -0.4 is 5.32 Å². The van der Waals surface area contributed by atoms with E-state index in [0.717, 1.165) is 26.0 Å². The summed E-state index contributed by atoms with van der Waals surface area (Å²) in [7, 11) is 0. The van der Waals surface area contributed by atoms with E-state index in [2.05, 4.69) is 35.7 Å². The van der Waals surface area contributed by atoms with E-state index in [4.69, 9.17) is 4.74 Å². The average molecular weight is 286 g/mol. The number of nitrogens with one attached hydrogen (secondary N) is 1. The van der Waals surface area contributed by atoms with Gasteiger partial charge in [0.05, 0.1) is 18.6 Å². The Morgan fingerprint density at radius 2 is 1.95 bits per heavy atom. The number of ether oxygens (including phenoxy) is 1. The van der Waals surface area contributed by atoms with E-state index in [0.29, 0.717) is 12.6 Å². The van der Waals surface area contributed by atoms with Crippen molar-refractivity contribution in [2.75, 3.05) is 6.61 Å². The first kappa shape index (κ1) is 16.0. The molecule has 1 aliphatic rings. The molecule has 1 aromatic rings. The first-order chi connectivity index (χ1) is 10.3. The highest BCUT2D eigenvalue weighted by Gasteiger charge is 2.23. The monoisotopic (exact) mass is 286 g/mol. The Morgan fingerprint density at radius 3 is 2.71 bits per heavy atom. The van der Waals surface area contributed by atoms with E-state index in [1.165, 1.54) is 30.4 Å². The Bertz CT molecular complexity index is 467. The van der Waals surface area contributed by atoms with E-state index in [1.54, 1.807) is 0 Å². The summed E-state index contributed by atoms with van der Waals surface area (Å²) in [5.41, 5.74) is 2.53. The van der Waals surface area contributed by atoms with Crippen LogP contribution in [0.25, 0.3) is 0 Å². The van der Waals surface area contributed by atoms with Crippen molar-refractivity contribution in [3.63, 3.8) is 0 Å². The van der Waals surface area contributed by atoms with Crippen LogP contribution >= 0.6 is 0 Å². The molecule has 21 heavy (non-hydrogen) atoms. The lowest BCUT2D eigenvalue weighted by Crippen LogP contribution is -2.34. The number of benzene rings is 1. The van der Waals surface area contributed by atoms with E-state index < -0.39 is 0 Å². The third kappa shape index (κ3) is 4.84. The van der Waals surface area contributed by atoms with Crippen LogP contribution in [0.15, 0.2) is 24.3 Å². The first-order valence-corrected chi connectivity index (χ1v) is 8.12. The molecule has 0 aromatic heterocycles. The molecular weight excluding hydrogens is 260 g/mol. The van der Waals surface area contributed by atoms with Crippen LogP contribution in [0.4, 0.5) is 0 Å². The van der Waals surface area contributed by atoms with Crippen molar-refractivity contribution in [3.05, 3.63) is 35.4 Å². The lowest BCUT2D eigenvalue weighted by atomic mass is 9.96. The molecule has 1 fully saturated rings. The van der Waals surface area contributed by atoms with Gasteiger partial charge < -0.3 is 10.1 Å². The quantitative estimate of drug-likeness (QED) is 0.809. The minimum atomic E-state index is 0.159. The summed E-state index contributed by atoms with van der Waals surface area (Å²) in [5.74, 6) is 0.159. The zero-order chi connectivity index (χ0) is 14.9. The topological polar surface area (TPSA) is 45.0 Å². The molecule has 3 heteroatoms. The SMILES string of the molecule is CCOCc1ccccc1CNC1CCCCCC1C#N. The third-order valence-electron chi connectivity index (χ3n) is 4.32. The predicted molar refractivity (Wildman–Crippen MR) is 84.6 cm³/mol. The van der Waals surface area contributed by atoms with Gasteiger partial charge in [0.15, 0.2) is 0 Å². The molecule has 2 unspecified atom stereocenters. The summed E-state index contributed by atoms with van der Waals surface area (Å²) < 4.78 is 5.53. The molecule has 0 bridgehead atoms. The third-order valence-corrected chi connectivity index (χ3v) is 4.32. The highest BCUT2D eigenvalue weighted by Crippen LogP contribution is 2.23. The van der Waals surface area contributed by atoms with Gasteiger partial charge in [-0.3, -0.25) is 0 Å². The molecule has 3 nitrogen and oxygen atoms in total. The van der Waals surface area contributed by atoms with Crippen molar-refractivity contribution in [2.24, 2.45) is 5.92 Å². The lowest BCUT2D eigenvalue weighted by Gasteiger charge is -2.21. The Balaban J connectivity index is 1.96. The minimum Gasteiger partial charge on any atom is -0.377 e. The van der Waals surface area contributed by atoms with Crippen molar-refractivity contribution in [2.45, 2.75) is 58.2 Å². The van der Waals surface area contributed by atoms with Crippen molar-refractivity contribution in [1.82, 2.24) is 5.32 Å². The van der Waals surface area contributed by atoms with Gasteiger partial charge in [-0.05, 0) is 30.9 Å². The van der Waals surface area contributed by atoms with Crippen molar-refractivity contribution in [1.29, 1.82) is 5.26 Å². The van der Waals surface area contributed by atoms with Crippen LogP contribution in [-0.2, 0) is 17.9 Å². The summed E-state index contributed by atoms with van der Waals surface area (Å²) >= 11 is 0. The second-order valence-electron chi connectivity index (χ2n) is 5.77. The van der Waals surface area contributed by atoms with Gasteiger partial charge in [-0.25, -0.2) is 0 Å². The molecule has 114 valence electrons. The maximum Gasteiger partial charge on any atom is 0.0719 e. The molecule has 2 rings (SSSR count). The van der Waals surface area contributed by atoms with Crippen LogP contribution in [0.3, 0.4) is 0 Å². The Hall–Kier alpha value is -1.37. The molecule has 0 heterocycles. The molecule has 0 radical (unpaired) electrons. The lowest BCUT2D eigenvalue weighted by molar-refractivity contribution is 0.133. The predicted octanol–water partition coefficient (Wildman–Crippen LogP) is 3.79. The zero-order valence-electron chi connectivity index (χ0n) is 13.0. The van der Waals surface area contributed by atoms with Crippen LogP contribution in [-0.4, -0.2) is 12.6 Å². The van der Waals surface area contributed by atoms with Gasteiger partial charge in [0.2, 0.25) is 0 Å². The van der Waals surface area contributed by atoms with Gasteiger partial charge in [-0.1, -0.05) is 43.5 Å². The van der Waals surface area contributed by atoms with Crippen LogP contribution in [0.1, 0.15) is 50.2 Å². The van der Waals surface area contributed by atoms with E-state index in [1.807, 2.05) is 6.92 Å². The fraction of sp³-hybridized carbons (Fsp3) is 0.611. The molecule has 1 N–H and O–H groups in total. The van der Waals surface area contributed by atoms with Crippen molar-refractivity contribution >= 4 is 0 Å². The Labute approximate surface area is 128 Å². The minimum absolute atomic E-state index is 0.159. The molecule has 0 saturated heterocycles. The van der Waals surface area contributed by atoms with Crippen LogP contribution in [0.2, 0.25) is 0 Å². The standard InChI is InChI=1S/C18H26N2O/c1-2-21-14-17-10-7-6-9-16(17)13-20-18-11-5-3-4-8-15(18)12-19/h6-7,9-10,15,18,20H,2-5,8,11,13-14H2,1H3. The average Bonchev–Trinajstić information content (AvgIpc) is 2.76. The largest absolute Gasteiger partial charge is 0.377 e. The van der Waals surface area contributed by atoms with Gasteiger partial charge in [0.1, 0.15) is 0 Å². The summed E-state index contributed by atoms with van der Waals surface area (Å²) in [6, 6.07) is 11.2. The molecule has 0 amide bonds. The van der Waals surface area contributed by atoms with Gasteiger partial charge in [-0.15, -0.1) is 0 Å². The van der Waals surface area contributed by atoms with Gasteiger partial charge in [-0.2, -0.15) is 5.26 Å². The maximum absolute atomic E-state index is 9.34. The molecule has 2 atom stereocenters. The summed E-state index contributed by atoms with van der Waals surface area (Å²) in [6.07, 6.45) is 5.84. The molecule has 1 saturated carbocycles. The normalized spacial score (nSPS) is 22.5. The highest BCUT2D eigenvalue weighted by molar-refractivity contribution is 5.26. The van der Waals surface area contributed by atoms with Gasteiger partial charge in [0.25, 0.3) is 0 Å². The smallest absolute Gasteiger partial charge is 0.0719 e. The number of rotatable bonds is 6. The highest BCUT2D eigenvalue weighted by atomic mass is 16.5. The molecule has 0 spiro atoms. The summed E-state index contributed by atoms with van der Waals surface area (Å²) in [4.78, 5) is 0. The van der Waals surface area contributed by atoms with Gasteiger partial charge in [0, 0.05) is 19.2 Å². The molecule has 1 aliphatic carbocycles. The number of nitrogens with zero attached hydrogens (tertiary/aromatic N) is 1. The van der Waals surface area contributed by atoms with Crippen LogP contribution in [0, 0.1) is 17.2 Å². The van der Waals surface area contributed by atoms with Crippen molar-refractivity contribution < 1.29 is 4.74 Å². The zero-order valence-corrected chi connectivity index (χ0v) is 13.0. The number of hydrogen-bond acceptors (Lipinski definition) is 3. The fourth-order valence-corrected chi connectivity index (χ4v) is 3.03. The fourth-order valence-electron chi connectivity index (χ4n) is 3.03. The second kappa shape index (κ2) is 8.81. The Morgan fingerprint density at radius 1 is 1.19 bits per heavy atom. The summed E-state index contributed by atoms with van der Waals surface area (Å²) in [6.45, 7) is 4.25. The second-order valence-corrected chi connectivity index (χ2v) is 5.77.